The van der Waals surface area contributed by atoms with Gasteiger partial charge < -0.3 is 14.6 Å². The maximum Gasteiger partial charge on any atom is 0.272 e. The van der Waals surface area contributed by atoms with Gasteiger partial charge in [0.05, 0.1) is 25.7 Å². The highest BCUT2D eigenvalue weighted by Gasteiger charge is 2.28. The minimum absolute atomic E-state index is 0.0851. The molecule has 3 rings (SSSR count). The van der Waals surface area contributed by atoms with E-state index in [1.54, 1.807) is 4.90 Å². The van der Waals surface area contributed by atoms with Gasteiger partial charge in [-0.15, -0.1) is 0 Å². The smallest absolute Gasteiger partial charge is 0.272 e. The van der Waals surface area contributed by atoms with Crippen molar-refractivity contribution in [3.05, 3.63) is 29.9 Å². The Balaban J connectivity index is 1.73. The van der Waals surface area contributed by atoms with E-state index in [1.165, 1.54) is 12.5 Å². The molecule has 1 amide bonds. The molecule has 100 valence electrons. The van der Waals surface area contributed by atoms with Gasteiger partial charge in [-0.25, -0.2) is 9.97 Å². The fraction of sp³-hybridized carbons (Fsp3) is 0.455. The second-order valence-electron chi connectivity index (χ2n) is 4.35. The number of amides is 1. The van der Waals surface area contributed by atoms with Crippen LogP contribution in [0.5, 0.6) is 0 Å². The Bertz CT molecular complexity index is 564. The zero-order valence-corrected chi connectivity index (χ0v) is 10.5. The average Bonchev–Trinajstić information content (AvgIpc) is 3.09. The average molecular weight is 262 g/mol. The van der Waals surface area contributed by atoms with Gasteiger partial charge in [-0.2, -0.15) is 5.10 Å². The molecule has 2 aromatic heterocycles. The lowest BCUT2D eigenvalue weighted by Crippen LogP contribution is -2.42. The molecular weight excluding hydrogens is 248 g/mol. The number of carbonyl (C=O) groups excluding carboxylic acids is 1. The summed E-state index contributed by atoms with van der Waals surface area (Å²) in [6, 6.07) is 0. The van der Waals surface area contributed by atoms with Crippen LogP contribution in [0.3, 0.4) is 0 Å². The van der Waals surface area contributed by atoms with Crippen LogP contribution in [-0.2, 0) is 4.74 Å². The second kappa shape index (κ2) is 4.81. The van der Waals surface area contributed by atoms with Crippen LogP contribution in [-0.4, -0.2) is 55.7 Å². The summed E-state index contributed by atoms with van der Waals surface area (Å²) in [5.74, 6) is 1.23. The molecule has 3 heterocycles. The molecule has 0 radical (unpaired) electrons. The first kappa shape index (κ1) is 11.8. The van der Waals surface area contributed by atoms with Gasteiger partial charge in [0.25, 0.3) is 5.91 Å². The van der Waals surface area contributed by atoms with E-state index in [1.807, 2.05) is 6.92 Å². The van der Waals surface area contributed by atoms with Crippen molar-refractivity contribution < 1.29 is 9.53 Å². The van der Waals surface area contributed by atoms with Crippen LogP contribution in [0.25, 0.3) is 0 Å². The number of morpholine rings is 1. The number of carbonyl (C=O) groups is 1. The van der Waals surface area contributed by atoms with Crippen LogP contribution >= 0.6 is 0 Å². The van der Waals surface area contributed by atoms with Gasteiger partial charge in [-0.3, -0.25) is 9.89 Å². The fourth-order valence-electron chi connectivity index (χ4n) is 2.04. The van der Waals surface area contributed by atoms with Gasteiger partial charge in [0, 0.05) is 6.54 Å². The van der Waals surface area contributed by atoms with E-state index >= 15 is 0 Å². The molecule has 0 unspecified atom stereocenters. The number of nitrogens with zero attached hydrogens (tertiary/aromatic N) is 4. The normalized spacial score (nSPS) is 19.6. The Morgan fingerprint density at radius 3 is 3.16 bits per heavy atom. The topological polar surface area (TPSA) is 99.8 Å². The predicted molar refractivity (Wildman–Crippen MR) is 64.3 cm³/mol. The van der Waals surface area contributed by atoms with Crippen LogP contribution in [0.2, 0.25) is 0 Å². The number of hydrogen-bond donors (Lipinski definition) is 2. The standard InChI is InChI=1S/C11H14N6O2/c1-7-14-10(16-15-7)9-5-17(2-3-19-9)11(18)8-4-12-6-13-8/h4,6,9H,2-3,5H2,1H3,(H,12,13)(H,14,15,16)/t9-/m1/s1. The van der Waals surface area contributed by atoms with E-state index in [9.17, 15) is 4.79 Å². The minimum Gasteiger partial charge on any atom is -0.366 e. The maximum atomic E-state index is 12.2. The number of aromatic nitrogens is 5. The highest BCUT2D eigenvalue weighted by atomic mass is 16.5. The van der Waals surface area contributed by atoms with Crippen molar-refractivity contribution in [3.63, 3.8) is 0 Å². The molecular formula is C11H14N6O2. The number of H-pyrrole nitrogens is 2. The molecule has 1 saturated heterocycles. The third-order valence-electron chi connectivity index (χ3n) is 2.98. The van der Waals surface area contributed by atoms with Crippen LogP contribution in [0, 0.1) is 6.92 Å². The molecule has 1 atom stereocenters. The molecule has 2 N–H and O–H groups in total. The first-order chi connectivity index (χ1) is 9.24. The van der Waals surface area contributed by atoms with Crippen molar-refractivity contribution in [1.82, 2.24) is 30.0 Å². The number of ether oxygens (including phenoxy) is 1. The molecule has 1 aliphatic heterocycles. The quantitative estimate of drug-likeness (QED) is 0.796. The molecule has 0 aliphatic carbocycles. The third-order valence-corrected chi connectivity index (χ3v) is 2.98. The molecule has 0 spiro atoms. The molecule has 8 nitrogen and oxygen atoms in total. The molecule has 1 fully saturated rings. The fourth-order valence-corrected chi connectivity index (χ4v) is 2.04. The van der Waals surface area contributed by atoms with Gasteiger partial charge in [-0.1, -0.05) is 0 Å². The van der Waals surface area contributed by atoms with Crippen molar-refractivity contribution >= 4 is 5.91 Å². The Morgan fingerprint density at radius 2 is 2.47 bits per heavy atom. The summed E-state index contributed by atoms with van der Waals surface area (Å²) in [4.78, 5) is 24.8. The number of imidazole rings is 1. The number of rotatable bonds is 2. The van der Waals surface area contributed by atoms with Gasteiger partial charge in [-0.05, 0) is 6.92 Å². The minimum atomic E-state index is -0.287. The molecule has 2 aromatic rings. The van der Waals surface area contributed by atoms with Crippen molar-refractivity contribution in [2.45, 2.75) is 13.0 Å². The SMILES string of the molecule is Cc1nc([C@H]2CN(C(=O)c3cnc[nH]3)CCO2)n[nH]1. The molecule has 0 saturated carbocycles. The van der Waals surface area contributed by atoms with E-state index in [4.69, 9.17) is 4.74 Å². The first-order valence-electron chi connectivity index (χ1n) is 6.02. The third kappa shape index (κ3) is 2.34. The summed E-state index contributed by atoms with van der Waals surface area (Å²) < 4.78 is 5.61. The van der Waals surface area contributed by atoms with E-state index in [0.29, 0.717) is 31.2 Å². The van der Waals surface area contributed by atoms with E-state index in [-0.39, 0.29) is 12.0 Å². The lowest BCUT2D eigenvalue weighted by Gasteiger charge is -2.31. The second-order valence-corrected chi connectivity index (χ2v) is 4.35. The van der Waals surface area contributed by atoms with Gasteiger partial charge >= 0.3 is 0 Å². The summed E-state index contributed by atoms with van der Waals surface area (Å²) in [7, 11) is 0. The summed E-state index contributed by atoms with van der Waals surface area (Å²) in [6.45, 7) is 3.29. The Morgan fingerprint density at radius 1 is 1.58 bits per heavy atom. The van der Waals surface area contributed by atoms with E-state index in [0.717, 1.165) is 5.82 Å². The number of hydrogen-bond acceptors (Lipinski definition) is 5. The predicted octanol–water partition coefficient (Wildman–Crippen LogP) is 0.0499. The lowest BCUT2D eigenvalue weighted by molar-refractivity contribution is -0.0268. The number of aromatic amines is 2. The summed E-state index contributed by atoms with van der Waals surface area (Å²) in [6.07, 6.45) is 2.72. The Hall–Kier alpha value is -2.22. The number of aryl methyl sites for hydroxylation is 1. The molecule has 8 heteroatoms. The first-order valence-corrected chi connectivity index (χ1v) is 6.02. The van der Waals surface area contributed by atoms with Crippen molar-refractivity contribution in [2.75, 3.05) is 19.7 Å². The van der Waals surface area contributed by atoms with E-state index < -0.39 is 0 Å². The summed E-state index contributed by atoms with van der Waals surface area (Å²) >= 11 is 0. The van der Waals surface area contributed by atoms with Crippen LogP contribution in [0.4, 0.5) is 0 Å². The van der Waals surface area contributed by atoms with Gasteiger partial charge in [0.15, 0.2) is 5.82 Å². The lowest BCUT2D eigenvalue weighted by atomic mass is 10.2. The molecule has 19 heavy (non-hydrogen) atoms. The zero-order valence-electron chi connectivity index (χ0n) is 10.5. The highest BCUT2D eigenvalue weighted by molar-refractivity contribution is 5.92. The van der Waals surface area contributed by atoms with Crippen LogP contribution < -0.4 is 0 Å². The van der Waals surface area contributed by atoms with Gasteiger partial charge in [0.2, 0.25) is 0 Å². The van der Waals surface area contributed by atoms with Crippen LogP contribution in [0.1, 0.15) is 28.2 Å². The van der Waals surface area contributed by atoms with Crippen molar-refractivity contribution in [1.29, 1.82) is 0 Å². The largest absolute Gasteiger partial charge is 0.366 e. The number of nitrogens with one attached hydrogen (secondary N) is 2. The summed E-state index contributed by atoms with van der Waals surface area (Å²) in [5.41, 5.74) is 0.479. The molecule has 0 aromatic carbocycles. The van der Waals surface area contributed by atoms with E-state index in [2.05, 4.69) is 25.1 Å². The summed E-state index contributed by atoms with van der Waals surface area (Å²) in [5, 5.41) is 6.85. The Kier molecular flexibility index (Phi) is 3.00. The monoisotopic (exact) mass is 262 g/mol. The van der Waals surface area contributed by atoms with Crippen LogP contribution in [0.15, 0.2) is 12.5 Å². The Labute approximate surface area is 109 Å². The van der Waals surface area contributed by atoms with Crippen molar-refractivity contribution in [2.24, 2.45) is 0 Å². The van der Waals surface area contributed by atoms with Crippen molar-refractivity contribution in [3.8, 4) is 0 Å². The maximum absolute atomic E-state index is 12.2. The highest BCUT2D eigenvalue weighted by Crippen LogP contribution is 2.20. The molecule has 0 bridgehead atoms. The van der Waals surface area contributed by atoms with Gasteiger partial charge in [0.1, 0.15) is 17.6 Å². The zero-order chi connectivity index (χ0) is 13.2. The molecule has 1 aliphatic rings.